The van der Waals surface area contributed by atoms with E-state index in [9.17, 15) is 183 Å². The predicted molar refractivity (Wildman–Crippen MR) is 218 cm³/mol. The van der Waals surface area contributed by atoms with E-state index in [1.54, 1.807) is 0 Å². The van der Waals surface area contributed by atoms with E-state index in [4.69, 9.17) is 0 Å². The Morgan fingerprint density at radius 1 is 0.191 bits per heavy atom. The van der Waals surface area contributed by atoms with Crippen LogP contribution in [0.2, 0.25) is 0 Å². The minimum Gasteiger partial charge on any atom is -0.438 e. The molecule has 0 heterocycles. The van der Waals surface area contributed by atoms with Crippen LogP contribution in [0.25, 0.3) is 0 Å². The van der Waals surface area contributed by atoms with Crippen molar-refractivity contribution in [1.82, 2.24) is 0 Å². The maximum absolute atomic E-state index is 13.5. The summed E-state index contributed by atoms with van der Waals surface area (Å²) >= 11 is 0. The summed E-state index contributed by atoms with van der Waals surface area (Å²) in [6.45, 7) is -19.0. The van der Waals surface area contributed by atoms with Crippen molar-refractivity contribution < 1.29 is 249 Å². The van der Waals surface area contributed by atoms with Crippen LogP contribution in [0.5, 0.6) is 0 Å². The first-order chi connectivity index (χ1) is 41.4. The summed E-state index contributed by atoms with van der Waals surface area (Å²) in [4.78, 5) is 72.8. The zero-order valence-corrected chi connectivity index (χ0v) is 46.4. The van der Waals surface area contributed by atoms with Gasteiger partial charge in [0.1, 0.15) is 0 Å². The Morgan fingerprint density at radius 3 is 0.415 bits per heavy atom. The highest BCUT2D eigenvalue weighted by Crippen LogP contribution is 2.61. The summed E-state index contributed by atoms with van der Waals surface area (Å²) in [7, 11) is 4.22. The molecule has 21 nitrogen and oxygen atoms in total. The third-order valence-electron chi connectivity index (χ3n) is 9.52. The first kappa shape index (κ1) is 92.9. The Hall–Kier alpha value is -7.49. The Bertz CT molecular complexity index is 2350. The van der Waals surface area contributed by atoms with Crippen molar-refractivity contribution in [1.29, 1.82) is 0 Å². The number of halogens is 34. The average molecular weight is 1490 g/mol. The smallest absolute Gasteiger partial charge is 0.438 e. The van der Waals surface area contributed by atoms with Crippen LogP contribution < -0.4 is 0 Å². The van der Waals surface area contributed by atoms with E-state index >= 15 is 0 Å². The van der Waals surface area contributed by atoms with Gasteiger partial charge in [-0.25, -0.2) is 33.6 Å². The molecule has 0 aliphatic heterocycles. The maximum Gasteiger partial charge on any atom is 0.508 e. The summed E-state index contributed by atoms with van der Waals surface area (Å²) in [5, 5.41) is 0. The number of alkyl halides is 34. The molecule has 558 valence electrons. The molecule has 0 atom stereocenters. The number of rotatable bonds is 27. The zero-order chi connectivity index (χ0) is 76.4. The Kier molecular flexibility index (Phi) is 32.4. The van der Waals surface area contributed by atoms with Gasteiger partial charge in [-0.15, -0.1) is 0 Å². The number of hydrogen-bond donors (Lipinski definition) is 0. The largest absolute Gasteiger partial charge is 0.508 e. The highest BCUT2D eigenvalue weighted by molar-refractivity contribution is 5.61. The highest BCUT2D eigenvalue weighted by Gasteiger charge is 2.91. The second-order valence-electron chi connectivity index (χ2n) is 16.2. The zero-order valence-electron chi connectivity index (χ0n) is 46.4. The Morgan fingerprint density at radius 2 is 0.298 bits per heavy atom. The van der Waals surface area contributed by atoms with Crippen molar-refractivity contribution in [3.05, 3.63) is 0 Å². The van der Waals surface area contributed by atoms with Crippen molar-refractivity contribution in [2.45, 2.75) is 108 Å². The summed E-state index contributed by atoms with van der Waals surface area (Å²) < 4.78 is 496. The van der Waals surface area contributed by atoms with Crippen molar-refractivity contribution in [2.24, 2.45) is 0 Å². The van der Waals surface area contributed by atoms with Crippen molar-refractivity contribution >= 4 is 43.1 Å². The topological polar surface area (TPSA) is 249 Å². The number of carbonyl (C=O) groups excluding carboxylic acids is 7. The molecule has 0 aromatic heterocycles. The molecule has 0 unspecified atom stereocenters. The molecule has 0 bridgehead atoms. The molecule has 0 rings (SSSR count). The Labute approximate surface area is 496 Å². The number of carbonyl (C=O) groups is 7. The molecule has 94 heavy (non-hydrogen) atoms. The van der Waals surface area contributed by atoms with Gasteiger partial charge in [-0.2, -0.15) is 149 Å². The maximum atomic E-state index is 13.5. The van der Waals surface area contributed by atoms with Gasteiger partial charge >= 0.3 is 144 Å². The number of ether oxygens (including phenoxy) is 14. The molecular formula is C39H38F34O21. The molecule has 0 aromatic rings. The molecule has 55 heteroatoms. The van der Waals surface area contributed by atoms with E-state index in [1.807, 2.05) is 0 Å². The van der Waals surface area contributed by atoms with E-state index in [0.717, 1.165) is 14.2 Å². The highest BCUT2D eigenvalue weighted by atomic mass is 19.4. The normalized spacial score (nSPS) is 13.6. The third-order valence-corrected chi connectivity index (χ3v) is 9.52. The molecule has 0 aromatic carbocycles. The minimum absolute atomic E-state index is 0.431. The van der Waals surface area contributed by atoms with Gasteiger partial charge in [-0.1, -0.05) is 0 Å². The lowest BCUT2D eigenvalue weighted by Crippen LogP contribution is -2.71. The lowest BCUT2D eigenvalue weighted by molar-refractivity contribution is -0.428. The molecule has 0 aliphatic carbocycles. The molecule has 0 saturated heterocycles. The molecule has 0 N–H and O–H groups in total. The van der Waals surface area contributed by atoms with Crippen LogP contribution in [0.3, 0.4) is 0 Å². The average Bonchev–Trinajstić information content (AvgIpc) is 0.723. The van der Waals surface area contributed by atoms with Crippen LogP contribution in [-0.4, -0.2) is 240 Å². The first-order valence-electron chi connectivity index (χ1n) is 21.8. The Balaban J connectivity index is -0.000000584. The van der Waals surface area contributed by atoms with E-state index < -0.39 is 197 Å². The van der Waals surface area contributed by atoms with Crippen molar-refractivity contribution in [3.63, 3.8) is 0 Å². The van der Waals surface area contributed by atoms with Gasteiger partial charge in [-0.3, -0.25) is 0 Å². The van der Waals surface area contributed by atoms with Crippen LogP contribution in [-0.2, 0) is 66.3 Å². The molecule has 0 fully saturated rings. The first-order valence-corrected chi connectivity index (χ1v) is 21.8. The van der Waals surface area contributed by atoms with E-state index in [-0.39, 0.29) is 0 Å². The van der Waals surface area contributed by atoms with Gasteiger partial charge in [0, 0.05) is 6.92 Å². The van der Waals surface area contributed by atoms with Gasteiger partial charge < -0.3 is 66.3 Å². The van der Waals surface area contributed by atoms with Gasteiger partial charge in [0.2, 0.25) is 0 Å². The van der Waals surface area contributed by atoms with E-state index in [0.29, 0.717) is 35.5 Å². The summed E-state index contributed by atoms with van der Waals surface area (Å²) in [6, 6.07) is 0. The molecule has 0 spiro atoms. The van der Waals surface area contributed by atoms with Crippen LogP contribution in [0.15, 0.2) is 0 Å². The number of methoxy groups -OCH3 is 7. The van der Waals surface area contributed by atoms with Crippen LogP contribution in [0.1, 0.15) is 6.92 Å². The summed E-state index contributed by atoms with van der Waals surface area (Å²) in [5.41, 5.74) is 0. The fourth-order valence-corrected chi connectivity index (χ4v) is 4.14. The van der Waals surface area contributed by atoms with Gasteiger partial charge in [0.05, 0.1) is 49.8 Å². The minimum atomic E-state index is -7.86. The molecule has 0 amide bonds. The fraction of sp³-hybridized carbons (Fsp3) is 0.821. The quantitative estimate of drug-likeness (QED) is 0.0421. The lowest BCUT2D eigenvalue weighted by Gasteiger charge is -2.40. The predicted octanol–water partition coefficient (Wildman–Crippen LogP) is 13.2. The van der Waals surface area contributed by atoms with E-state index in [2.05, 4.69) is 66.3 Å². The molecular weight excluding hydrogens is 1450 g/mol. The van der Waals surface area contributed by atoms with Gasteiger partial charge in [0.15, 0.2) is 46.2 Å². The summed E-state index contributed by atoms with van der Waals surface area (Å²) in [5.74, 6) is -111. The van der Waals surface area contributed by atoms with Crippen LogP contribution >= 0.6 is 0 Å². The standard InChI is InChI=1S/C12H10F12O6.C10H10F8O6.C9H8F10O3.C8H10F4O6/c1-27-5(25)29-3-7(13,14)9(17,18)11(21,22)12(23,24)10(19,20)8(15,16)4-30-6(26)28-2;1-21-5(19)23-3-7(11,12)9(15,16)10(17,18)8(13,14)4-24-6(20)22-2;1-5(10,11)7(14,15)9(18,19)8(16,17)6(12,13)3-22-4(20)21-2;1-15-5(13)17-3-7(9,10)8(11,12)4-18-6(14)16-2/h3-4H2,1-2H3;3-4H2,1-2H3;3H2,1-2H3;3-4H2,1-2H3. The lowest BCUT2D eigenvalue weighted by atomic mass is 9.91. The SMILES string of the molecule is COC(=O)OCC(F)(F)C(F)(F)C(F)(F)C(F)(F)C(C)(F)F.COC(=O)OCC(F)(F)C(F)(F)C(F)(F)C(F)(F)C(F)(F)C(F)(F)COC(=O)OC.COC(=O)OCC(F)(F)C(F)(F)C(F)(F)C(F)(F)COC(=O)OC.COC(=O)OCC(F)(F)C(F)(F)COC(=O)OC. The number of hydrogen-bond acceptors (Lipinski definition) is 21. The van der Waals surface area contributed by atoms with Crippen molar-refractivity contribution in [3.8, 4) is 0 Å². The summed E-state index contributed by atoms with van der Waals surface area (Å²) in [6.07, 6.45) is -13.3. The third kappa shape index (κ3) is 21.5. The second kappa shape index (κ2) is 32.8. The molecule has 0 radical (unpaired) electrons. The fourth-order valence-electron chi connectivity index (χ4n) is 4.14. The molecule has 0 saturated carbocycles. The van der Waals surface area contributed by atoms with E-state index in [1.165, 1.54) is 0 Å². The van der Waals surface area contributed by atoms with Crippen LogP contribution in [0, 0.1) is 0 Å². The van der Waals surface area contributed by atoms with Gasteiger partial charge in [0.25, 0.3) is 0 Å². The van der Waals surface area contributed by atoms with Crippen LogP contribution in [0.4, 0.5) is 183 Å². The second-order valence-corrected chi connectivity index (χ2v) is 16.2. The molecule has 0 aliphatic rings. The monoisotopic (exact) mass is 1490 g/mol. The van der Waals surface area contributed by atoms with Crippen molar-refractivity contribution in [2.75, 3.05) is 96.0 Å². The van der Waals surface area contributed by atoms with Gasteiger partial charge in [-0.05, 0) is 0 Å².